The van der Waals surface area contributed by atoms with E-state index in [1.165, 1.54) is 24.3 Å². The van der Waals surface area contributed by atoms with E-state index in [1.54, 1.807) is 0 Å². The average Bonchev–Trinajstić information content (AvgIpc) is 2.43. The molecule has 7 heteroatoms. The molecule has 2 aromatic rings. The summed E-state index contributed by atoms with van der Waals surface area (Å²) in [6.07, 6.45) is 0. The van der Waals surface area contributed by atoms with Crippen molar-refractivity contribution in [1.82, 2.24) is 0 Å². The Morgan fingerprint density at radius 3 is 2.29 bits per heavy atom. The van der Waals surface area contributed by atoms with Crippen molar-refractivity contribution in [1.29, 1.82) is 0 Å². The van der Waals surface area contributed by atoms with Crippen molar-refractivity contribution < 1.29 is 27.7 Å². The van der Waals surface area contributed by atoms with Gasteiger partial charge in [0.2, 0.25) is 0 Å². The van der Waals surface area contributed by atoms with Crippen LogP contribution in [0.3, 0.4) is 0 Å². The van der Waals surface area contributed by atoms with Crippen molar-refractivity contribution in [2.75, 3.05) is 0 Å². The molecule has 0 bridgehead atoms. The molecule has 0 spiro atoms. The molecule has 3 rings (SSSR count). The fraction of sp³-hybridized carbons (Fsp3) is 0. The fourth-order valence-corrected chi connectivity index (χ4v) is 3.06. The first-order valence-electron chi connectivity index (χ1n) is 5.82. The van der Waals surface area contributed by atoms with Crippen LogP contribution >= 0.6 is 0 Å². The van der Waals surface area contributed by atoms with Gasteiger partial charge < -0.3 is 9.66 Å². The number of fused-ring (bicyclic) bond motifs is 2. The monoisotopic (exact) mass is 303 g/mol. The number of phenolic OH excluding ortho intramolecular Hbond substituents is 1. The molecular formula is C14H7O6S-. The highest BCUT2D eigenvalue weighted by Gasteiger charge is 2.33. The van der Waals surface area contributed by atoms with Gasteiger partial charge in [0.15, 0.2) is 11.6 Å². The van der Waals surface area contributed by atoms with Crippen LogP contribution in [0.4, 0.5) is 0 Å². The number of rotatable bonds is 1. The molecule has 21 heavy (non-hydrogen) atoms. The van der Waals surface area contributed by atoms with E-state index in [1.807, 2.05) is 0 Å². The summed E-state index contributed by atoms with van der Waals surface area (Å²) in [5.74, 6) is -1.53. The largest absolute Gasteiger partial charge is 0.744 e. The molecule has 106 valence electrons. The van der Waals surface area contributed by atoms with Crippen molar-refractivity contribution in [2.45, 2.75) is 4.90 Å². The normalized spacial score (nSPS) is 13.8. The highest BCUT2D eigenvalue weighted by Crippen LogP contribution is 2.32. The molecule has 6 nitrogen and oxygen atoms in total. The van der Waals surface area contributed by atoms with Crippen LogP contribution in [0.5, 0.6) is 5.75 Å². The zero-order chi connectivity index (χ0) is 15.4. The second-order valence-corrected chi connectivity index (χ2v) is 5.87. The van der Waals surface area contributed by atoms with Crippen LogP contribution in [0.15, 0.2) is 41.3 Å². The maximum atomic E-state index is 12.4. The minimum absolute atomic E-state index is 0.0204. The van der Waals surface area contributed by atoms with Gasteiger partial charge >= 0.3 is 0 Å². The van der Waals surface area contributed by atoms with Crippen LogP contribution in [0, 0.1) is 0 Å². The number of phenols is 1. The molecule has 0 radical (unpaired) electrons. The van der Waals surface area contributed by atoms with Crippen molar-refractivity contribution in [2.24, 2.45) is 0 Å². The van der Waals surface area contributed by atoms with Crippen molar-refractivity contribution in [3.05, 3.63) is 58.7 Å². The molecule has 0 aromatic heterocycles. The second kappa shape index (κ2) is 4.24. The quantitative estimate of drug-likeness (QED) is 0.673. The minimum Gasteiger partial charge on any atom is -0.744 e. The second-order valence-electron chi connectivity index (χ2n) is 4.52. The molecule has 1 aliphatic carbocycles. The van der Waals surface area contributed by atoms with E-state index in [4.69, 9.17) is 0 Å². The Morgan fingerprint density at radius 1 is 0.905 bits per heavy atom. The van der Waals surface area contributed by atoms with E-state index in [0.717, 1.165) is 12.1 Å². The zero-order valence-electron chi connectivity index (χ0n) is 10.4. The molecular weight excluding hydrogens is 296 g/mol. The molecule has 0 fully saturated rings. The average molecular weight is 303 g/mol. The van der Waals surface area contributed by atoms with Gasteiger partial charge in [-0.3, -0.25) is 9.59 Å². The number of hydrogen-bond donors (Lipinski definition) is 1. The SMILES string of the molecule is O=C1c2cc(O)ccc2C(=O)c2c1cccc2S(=O)(=O)[O-]. The van der Waals surface area contributed by atoms with E-state index in [-0.39, 0.29) is 22.4 Å². The highest BCUT2D eigenvalue weighted by molar-refractivity contribution is 7.85. The van der Waals surface area contributed by atoms with Gasteiger partial charge in [0.05, 0.1) is 10.5 Å². The van der Waals surface area contributed by atoms with Gasteiger partial charge in [-0.25, -0.2) is 8.42 Å². The van der Waals surface area contributed by atoms with Crippen LogP contribution in [-0.4, -0.2) is 29.6 Å². The van der Waals surface area contributed by atoms with Gasteiger partial charge in [-0.15, -0.1) is 0 Å². The maximum Gasteiger partial charge on any atom is 0.195 e. The number of aromatic hydroxyl groups is 1. The third kappa shape index (κ3) is 1.94. The first-order chi connectivity index (χ1) is 9.80. The first kappa shape index (κ1) is 13.5. The van der Waals surface area contributed by atoms with Gasteiger partial charge in [0.1, 0.15) is 15.9 Å². The van der Waals surface area contributed by atoms with Gasteiger partial charge in [-0.05, 0) is 24.3 Å². The third-order valence-electron chi connectivity index (χ3n) is 3.26. The summed E-state index contributed by atoms with van der Waals surface area (Å²) in [7, 11) is -4.88. The number of ketones is 2. The molecule has 0 heterocycles. The smallest absolute Gasteiger partial charge is 0.195 e. The zero-order valence-corrected chi connectivity index (χ0v) is 11.2. The molecule has 2 aromatic carbocycles. The van der Waals surface area contributed by atoms with E-state index in [9.17, 15) is 27.7 Å². The van der Waals surface area contributed by atoms with Crippen LogP contribution < -0.4 is 0 Å². The van der Waals surface area contributed by atoms with Gasteiger partial charge in [0, 0.05) is 16.7 Å². The van der Waals surface area contributed by atoms with Gasteiger partial charge in [0.25, 0.3) is 0 Å². The lowest BCUT2D eigenvalue weighted by Gasteiger charge is -2.21. The summed E-state index contributed by atoms with van der Waals surface area (Å²) < 4.78 is 33.8. The molecule has 0 aliphatic heterocycles. The maximum absolute atomic E-state index is 12.4. The lowest BCUT2D eigenvalue weighted by Crippen LogP contribution is -2.23. The van der Waals surface area contributed by atoms with Crippen LogP contribution in [0.2, 0.25) is 0 Å². The number of hydrogen-bond acceptors (Lipinski definition) is 6. The Bertz CT molecular complexity index is 911. The van der Waals surface area contributed by atoms with E-state index in [0.29, 0.717) is 0 Å². The molecule has 1 N–H and O–H groups in total. The van der Waals surface area contributed by atoms with Gasteiger partial charge in [-0.2, -0.15) is 0 Å². The minimum atomic E-state index is -4.88. The van der Waals surface area contributed by atoms with E-state index in [2.05, 4.69) is 0 Å². The molecule has 0 saturated carbocycles. The topological polar surface area (TPSA) is 112 Å². The Morgan fingerprint density at radius 2 is 1.62 bits per heavy atom. The summed E-state index contributed by atoms with van der Waals surface area (Å²) in [4.78, 5) is 24.0. The Hall–Kier alpha value is -2.51. The van der Waals surface area contributed by atoms with E-state index < -0.39 is 32.1 Å². The van der Waals surface area contributed by atoms with Crippen LogP contribution in [0.1, 0.15) is 31.8 Å². The molecule has 0 unspecified atom stereocenters. The Labute approximate surface area is 119 Å². The lowest BCUT2D eigenvalue weighted by atomic mass is 9.84. The predicted octanol–water partition coefficient (Wildman–Crippen LogP) is 1.07. The van der Waals surface area contributed by atoms with Crippen molar-refractivity contribution >= 4 is 21.7 Å². The number of carbonyl (C=O) groups excluding carboxylic acids is 2. The first-order valence-corrected chi connectivity index (χ1v) is 7.23. The number of carbonyl (C=O) groups is 2. The molecule has 1 aliphatic rings. The summed E-state index contributed by atoms with van der Waals surface area (Å²) in [6, 6.07) is 7.07. The third-order valence-corrected chi connectivity index (χ3v) is 4.14. The summed E-state index contributed by atoms with van der Waals surface area (Å²) in [5.41, 5.74) is -0.625. The summed E-state index contributed by atoms with van der Waals surface area (Å²) >= 11 is 0. The standard InChI is InChI=1S/C14H8O6S/c15-7-4-5-8-10(6-7)13(16)9-2-1-3-11(21(18,19)20)12(9)14(8)17/h1-6,15H,(H,18,19,20)/p-1. The van der Waals surface area contributed by atoms with Crippen molar-refractivity contribution in [3.8, 4) is 5.75 Å². The van der Waals surface area contributed by atoms with E-state index >= 15 is 0 Å². The van der Waals surface area contributed by atoms with Crippen LogP contribution in [0.25, 0.3) is 0 Å². The Balaban J connectivity index is 2.39. The highest BCUT2D eigenvalue weighted by atomic mass is 32.2. The van der Waals surface area contributed by atoms with Crippen LogP contribution in [-0.2, 0) is 10.1 Å². The Kier molecular flexibility index (Phi) is 2.72. The molecule has 0 saturated heterocycles. The fourth-order valence-electron chi connectivity index (χ4n) is 2.36. The summed E-state index contributed by atoms with van der Waals surface area (Å²) in [5, 5.41) is 9.41. The van der Waals surface area contributed by atoms with Gasteiger partial charge in [-0.1, -0.05) is 12.1 Å². The molecule has 0 amide bonds. The van der Waals surface area contributed by atoms with Crippen molar-refractivity contribution in [3.63, 3.8) is 0 Å². The lowest BCUT2D eigenvalue weighted by molar-refractivity contribution is 0.0976. The summed E-state index contributed by atoms with van der Waals surface area (Å²) in [6.45, 7) is 0. The predicted molar refractivity (Wildman–Crippen MR) is 69.4 cm³/mol. The number of benzene rings is 2. The molecule has 0 atom stereocenters.